The van der Waals surface area contributed by atoms with E-state index in [2.05, 4.69) is 63.2 Å². The fourth-order valence-corrected chi connectivity index (χ4v) is 2.55. The Morgan fingerprint density at radius 1 is 0.684 bits per heavy atom. The maximum atomic E-state index is 2.37. The molecule has 0 fully saturated rings. The van der Waals surface area contributed by atoms with E-state index in [1.54, 1.807) is 0 Å². The first-order valence-electron chi connectivity index (χ1n) is 7.38. The Morgan fingerprint density at radius 2 is 1.26 bits per heavy atom. The van der Waals surface area contributed by atoms with Gasteiger partial charge in [0.2, 0.25) is 0 Å². The van der Waals surface area contributed by atoms with Crippen LogP contribution in [0.1, 0.15) is 41.7 Å². The smallest absolute Gasteiger partial charge is 0.0238 e. The molecular formula is C19H24. The molecule has 0 saturated heterocycles. The van der Waals surface area contributed by atoms with Crippen LogP contribution in [0.25, 0.3) is 0 Å². The molecule has 0 bridgehead atoms. The Labute approximate surface area is 117 Å². The van der Waals surface area contributed by atoms with E-state index in [9.17, 15) is 0 Å². The summed E-state index contributed by atoms with van der Waals surface area (Å²) < 4.78 is 0. The van der Waals surface area contributed by atoms with Gasteiger partial charge in [-0.15, -0.1) is 0 Å². The first kappa shape index (κ1) is 13.9. The zero-order valence-electron chi connectivity index (χ0n) is 12.4. The SMILES string of the molecule is CCc1cc(CC)cc(CCc2cccc(C)c2)c1. The van der Waals surface area contributed by atoms with E-state index in [0.29, 0.717) is 0 Å². The second-order valence-electron chi connectivity index (χ2n) is 5.35. The predicted octanol–water partition coefficient (Wildman–Crippen LogP) is 4.91. The van der Waals surface area contributed by atoms with Crippen molar-refractivity contribution in [2.24, 2.45) is 0 Å². The maximum absolute atomic E-state index is 2.37. The van der Waals surface area contributed by atoms with Crippen molar-refractivity contribution in [2.75, 3.05) is 0 Å². The van der Waals surface area contributed by atoms with Crippen molar-refractivity contribution >= 4 is 0 Å². The highest BCUT2D eigenvalue weighted by molar-refractivity contribution is 5.31. The van der Waals surface area contributed by atoms with Crippen molar-refractivity contribution in [2.45, 2.75) is 46.5 Å². The molecule has 2 rings (SSSR count). The van der Waals surface area contributed by atoms with Crippen molar-refractivity contribution < 1.29 is 0 Å². The summed E-state index contributed by atoms with van der Waals surface area (Å²) in [6.07, 6.45) is 4.54. The standard InChI is InChI=1S/C19H24/c1-4-16-12-17(5-2)14-19(13-16)10-9-18-8-6-7-15(3)11-18/h6-8,11-14H,4-5,9-10H2,1-3H3. The average Bonchev–Trinajstić information content (AvgIpc) is 2.44. The molecule has 0 heteroatoms. The summed E-state index contributed by atoms with van der Waals surface area (Å²) in [4.78, 5) is 0. The summed E-state index contributed by atoms with van der Waals surface area (Å²) >= 11 is 0. The Bertz CT molecular complexity index is 515. The fourth-order valence-electron chi connectivity index (χ4n) is 2.55. The van der Waals surface area contributed by atoms with Gasteiger partial charge in [-0.3, -0.25) is 0 Å². The molecule has 0 radical (unpaired) electrons. The minimum atomic E-state index is 1.13. The molecule has 2 aromatic carbocycles. The molecule has 0 nitrogen and oxygen atoms in total. The Kier molecular flexibility index (Phi) is 4.79. The van der Waals surface area contributed by atoms with Crippen LogP contribution in [0.2, 0.25) is 0 Å². The van der Waals surface area contributed by atoms with Gasteiger partial charge >= 0.3 is 0 Å². The molecule has 2 aromatic rings. The van der Waals surface area contributed by atoms with Gasteiger partial charge in [-0.05, 0) is 54.9 Å². The average molecular weight is 252 g/mol. The summed E-state index contributed by atoms with van der Waals surface area (Å²) in [6.45, 7) is 6.63. The van der Waals surface area contributed by atoms with E-state index in [1.807, 2.05) is 0 Å². The third-order valence-corrected chi connectivity index (χ3v) is 3.71. The van der Waals surface area contributed by atoms with E-state index >= 15 is 0 Å². The maximum Gasteiger partial charge on any atom is -0.0238 e. The molecule has 0 aliphatic rings. The highest BCUT2D eigenvalue weighted by Gasteiger charge is 2.01. The third kappa shape index (κ3) is 3.96. The Balaban J connectivity index is 2.10. The van der Waals surface area contributed by atoms with Crippen LogP contribution in [0.3, 0.4) is 0 Å². The van der Waals surface area contributed by atoms with E-state index in [4.69, 9.17) is 0 Å². The molecule has 100 valence electrons. The summed E-state index contributed by atoms with van der Waals surface area (Å²) in [6, 6.07) is 15.9. The zero-order valence-corrected chi connectivity index (χ0v) is 12.4. The van der Waals surface area contributed by atoms with Crippen molar-refractivity contribution in [3.63, 3.8) is 0 Å². The quantitative estimate of drug-likeness (QED) is 0.709. The molecule has 0 amide bonds. The molecule has 0 unspecified atom stereocenters. The second kappa shape index (κ2) is 6.56. The van der Waals surface area contributed by atoms with Gasteiger partial charge in [0.1, 0.15) is 0 Å². The van der Waals surface area contributed by atoms with Crippen LogP contribution in [0.15, 0.2) is 42.5 Å². The van der Waals surface area contributed by atoms with Gasteiger partial charge in [0, 0.05) is 0 Å². The summed E-state index contributed by atoms with van der Waals surface area (Å²) in [5.41, 5.74) is 7.23. The number of hydrogen-bond acceptors (Lipinski definition) is 0. The molecule has 0 saturated carbocycles. The Hall–Kier alpha value is -1.56. The molecule has 0 spiro atoms. The highest BCUT2D eigenvalue weighted by atomic mass is 14.1. The second-order valence-corrected chi connectivity index (χ2v) is 5.35. The number of aryl methyl sites for hydroxylation is 5. The highest BCUT2D eigenvalue weighted by Crippen LogP contribution is 2.15. The zero-order chi connectivity index (χ0) is 13.7. The van der Waals surface area contributed by atoms with Crippen LogP contribution in [0.4, 0.5) is 0 Å². The van der Waals surface area contributed by atoms with Gasteiger partial charge in [-0.2, -0.15) is 0 Å². The topological polar surface area (TPSA) is 0 Å². The van der Waals surface area contributed by atoms with E-state index in [0.717, 1.165) is 25.7 Å². The lowest BCUT2D eigenvalue weighted by molar-refractivity contribution is 0.943. The van der Waals surface area contributed by atoms with Crippen molar-refractivity contribution in [1.29, 1.82) is 0 Å². The minimum Gasteiger partial charge on any atom is -0.0617 e. The number of benzene rings is 2. The molecule has 0 aliphatic carbocycles. The first-order valence-corrected chi connectivity index (χ1v) is 7.38. The van der Waals surface area contributed by atoms with Crippen LogP contribution in [0.5, 0.6) is 0 Å². The lowest BCUT2D eigenvalue weighted by atomic mass is 9.97. The fraction of sp³-hybridized carbons (Fsp3) is 0.368. The Morgan fingerprint density at radius 3 is 1.84 bits per heavy atom. The van der Waals surface area contributed by atoms with E-state index in [-0.39, 0.29) is 0 Å². The van der Waals surface area contributed by atoms with Crippen LogP contribution in [0, 0.1) is 6.92 Å². The number of rotatable bonds is 5. The van der Waals surface area contributed by atoms with Crippen LogP contribution >= 0.6 is 0 Å². The molecule has 0 aromatic heterocycles. The van der Waals surface area contributed by atoms with Crippen LogP contribution in [-0.4, -0.2) is 0 Å². The van der Waals surface area contributed by atoms with Gasteiger partial charge in [0.15, 0.2) is 0 Å². The van der Waals surface area contributed by atoms with Gasteiger partial charge < -0.3 is 0 Å². The normalized spacial score (nSPS) is 10.7. The molecule has 0 aliphatic heterocycles. The summed E-state index contributed by atoms with van der Waals surface area (Å²) in [5.74, 6) is 0. The minimum absolute atomic E-state index is 1.13. The van der Waals surface area contributed by atoms with Gasteiger partial charge in [0.05, 0.1) is 0 Å². The lowest BCUT2D eigenvalue weighted by Gasteiger charge is -2.08. The van der Waals surface area contributed by atoms with Crippen molar-refractivity contribution in [3.05, 3.63) is 70.3 Å². The predicted molar refractivity (Wildman–Crippen MR) is 83.8 cm³/mol. The van der Waals surface area contributed by atoms with Crippen molar-refractivity contribution in [1.82, 2.24) is 0 Å². The van der Waals surface area contributed by atoms with E-state index < -0.39 is 0 Å². The van der Waals surface area contributed by atoms with Crippen LogP contribution < -0.4 is 0 Å². The lowest BCUT2D eigenvalue weighted by Crippen LogP contribution is -1.95. The van der Waals surface area contributed by atoms with Gasteiger partial charge in [0.25, 0.3) is 0 Å². The first-order chi connectivity index (χ1) is 9.21. The van der Waals surface area contributed by atoms with Gasteiger partial charge in [-0.25, -0.2) is 0 Å². The molecule has 0 atom stereocenters. The molecular weight excluding hydrogens is 228 g/mol. The van der Waals surface area contributed by atoms with E-state index in [1.165, 1.54) is 27.8 Å². The molecule has 0 heterocycles. The molecule has 19 heavy (non-hydrogen) atoms. The largest absolute Gasteiger partial charge is 0.0617 e. The summed E-state index contributed by atoms with van der Waals surface area (Å²) in [5, 5.41) is 0. The monoisotopic (exact) mass is 252 g/mol. The third-order valence-electron chi connectivity index (χ3n) is 3.71. The molecule has 0 N–H and O–H groups in total. The number of hydrogen-bond donors (Lipinski definition) is 0. The van der Waals surface area contributed by atoms with Crippen molar-refractivity contribution in [3.8, 4) is 0 Å². The van der Waals surface area contributed by atoms with Gasteiger partial charge in [-0.1, -0.05) is 61.9 Å². The van der Waals surface area contributed by atoms with Crippen LogP contribution in [-0.2, 0) is 25.7 Å². The summed E-state index contributed by atoms with van der Waals surface area (Å²) in [7, 11) is 0.